The van der Waals surface area contributed by atoms with Gasteiger partial charge in [-0.2, -0.15) is 5.26 Å². The number of nitrogens with zero attached hydrogens (tertiary/aromatic N) is 1. The van der Waals surface area contributed by atoms with Crippen molar-refractivity contribution in [2.24, 2.45) is 0 Å². The molecule has 86 valence electrons. The summed E-state index contributed by atoms with van der Waals surface area (Å²) in [5.41, 5.74) is 0.236. The van der Waals surface area contributed by atoms with E-state index >= 15 is 0 Å². The van der Waals surface area contributed by atoms with E-state index in [9.17, 15) is 8.42 Å². The summed E-state index contributed by atoms with van der Waals surface area (Å²) < 4.78 is 25.3. The highest BCUT2D eigenvalue weighted by molar-refractivity contribution is 7.93. The van der Waals surface area contributed by atoms with Gasteiger partial charge in [0.05, 0.1) is 11.8 Å². The number of nitrogens with one attached hydrogen (secondary N) is 1. The summed E-state index contributed by atoms with van der Waals surface area (Å²) in [6, 6.07) is 5.94. The molecule has 1 rings (SSSR count). The van der Waals surface area contributed by atoms with Crippen LogP contribution in [0.4, 0.5) is 5.69 Å². The average molecular weight is 279 g/mol. The first kappa shape index (κ1) is 13.1. The minimum absolute atomic E-state index is 0.236. The zero-order valence-electron chi connectivity index (χ0n) is 8.24. The second kappa shape index (κ2) is 4.91. The second-order valence-corrected chi connectivity index (χ2v) is 5.95. The summed E-state index contributed by atoms with van der Waals surface area (Å²) in [5.74, 6) is 0. The van der Waals surface area contributed by atoms with Crippen LogP contribution in [0.25, 0.3) is 0 Å². The van der Waals surface area contributed by atoms with Gasteiger partial charge in [0.1, 0.15) is 0 Å². The van der Waals surface area contributed by atoms with E-state index in [-0.39, 0.29) is 5.69 Å². The predicted molar refractivity (Wildman–Crippen MR) is 64.1 cm³/mol. The third-order valence-corrected chi connectivity index (χ3v) is 3.76. The lowest BCUT2D eigenvalue weighted by atomic mass is 10.3. The van der Waals surface area contributed by atoms with Crippen molar-refractivity contribution in [1.29, 1.82) is 5.26 Å². The number of sulfonamides is 1. The molecule has 0 heterocycles. The summed E-state index contributed by atoms with van der Waals surface area (Å²) in [6.45, 7) is 1.29. The van der Waals surface area contributed by atoms with Gasteiger partial charge in [-0.3, -0.25) is 4.72 Å². The Morgan fingerprint density at radius 1 is 1.31 bits per heavy atom. The topological polar surface area (TPSA) is 70.0 Å². The van der Waals surface area contributed by atoms with Crippen molar-refractivity contribution in [3.63, 3.8) is 0 Å². The second-order valence-electron chi connectivity index (χ2n) is 3.08. The Labute approximate surface area is 104 Å². The Hall–Kier alpha value is -0.960. The quantitative estimate of drug-likeness (QED) is 0.924. The summed E-state index contributed by atoms with van der Waals surface area (Å²) in [4.78, 5) is 0. The van der Waals surface area contributed by atoms with Crippen LogP contribution >= 0.6 is 23.2 Å². The summed E-state index contributed by atoms with van der Waals surface area (Å²) in [6.07, 6.45) is 0. The fourth-order valence-electron chi connectivity index (χ4n) is 0.935. The zero-order valence-corrected chi connectivity index (χ0v) is 10.6. The highest BCUT2D eigenvalue weighted by Gasteiger charge is 2.20. The van der Waals surface area contributed by atoms with E-state index in [1.165, 1.54) is 25.1 Å². The van der Waals surface area contributed by atoms with Crippen LogP contribution in [0.5, 0.6) is 0 Å². The van der Waals surface area contributed by atoms with Crippen LogP contribution < -0.4 is 4.72 Å². The van der Waals surface area contributed by atoms with Gasteiger partial charge in [-0.25, -0.2) is 8.42 Å². The molecule has 0 bridgehead atoms. The predicted octanol–water partition coefficient (Wildman–Crippen LogP) is 2.65. The molecule has 0 aliphatic carbocycles. The van der Waals surface area contributed by atoms with Crippen molar-refractivity contribution in [3.05, 3.63) is 28.2 Å². The number of nitriles is 1. The molecule has 1 atom stereocenters. The van der Waals surface area contributed by atoms with Crippen LogP contribution in [0.15, 0.2) is 18.2 Å². The van der Waals surface area contributed by atoms with Crippen LogP contribution in [0, 0.1) is 11.3 Å². The van der Waals surface area contributed by atoms with Crippen molar-refractivity contribution in [2.75, 3.05) is 4.72 Å². The summed E-state index contributed by atoms with van der Waals surface area (Å²) >= 11 is 11.4. The van der Waals surface area contributed by atoms with E-state index in [2.05, 4.69) is 4.72 Å². The molecule has 0 aliphatic rings. The maximum atomic E-state index is 11.5. The van der Waals surface area contributed by atoms with Crippen molar-refractivity contribution >= 4 is 38.9 Å². The smallest absolute Gasteiger partial charge is 0.248 e. The average Bonchev–Trinajstić information content (AvgIpc) is 2.13. The number of anilines is 1. The molecular weight excluding hydrogens is 271 g/mol. The molecule has 16 heavy (non-hydrogen) atoms. The van der Waals surface area contributed by atoms with Gasteiger partial charge in [0.2, 0.25) is 10.0 Å². The van der Waals surface area contributed by atoms with E-state index in [1.54, 1.807) is 6.07 Å². The molecule has 1 aromatic carbocycles. The molecule has 0 radical (unpaired) electrons. The maximum Gasteiger partial charge on any atom is 0.248 e. The van der Waals surface area contributed by atoms with E-state index in [0.717, 1.165) is 0 Å². The van der Waals surface area contributed by atoms with Gasteiger partial charge >= 0.3 is 0 Å². The largest absolute Gasteiger partial charge is 0.282 e. The van der Waals surface area contributed by atoms with Crippen molar-refractivity contribution < 1.29 is 8.42 Å². The van der Waals surface area contributed by atoms with Gasteiger partial charge in [-0.15, -0.1) is 0 Å². The van der Waals surface area contributed by atoms with Crippen molar-refractivity contribution in [2.45, 2.75) is 12.2 Å². The Morgan fingerprint density at radius 3 is 2.25 bits per heavy atom. The molecule has 0 spiro atoms. The molecule has 7 heteroatoms. The SMILES string of the molecule is CC(C#N)S(=O)(=O)Nc1cc(Cl)cc(Cl)c1. The summed E-state index contributed by atoms with van der Waals surface area (Å²) in [7, 11) is -3.73. The fourth-order valence-corrected chi connectivity index (χ4v) is 2.22. The number of hydrogen-bond donors (Lipinski definition) is 1. The molecule has 0 saturated carbocycles. The van der Waals surface area contributed by atoms with Gasteiger partial charge in [0.15, 0.2) is 5.25 Å². The van der Waals surface area contributed by atoms with Gasteiger partial charge < -0.3 is 0 Å². The molecule has 0 saturated heterocycles. The lowest BCUT2D eigenvalue weighted by Crippen LogP contribution is -2.23. The first-order valence-corrected chi connectivity index (χ1v) is 6.53. The van der Waals surface area contributed by atoms with E-state index in [0.29, 0.717) is 10.0 Å². The Bertz CT molecular complexity index is 517. The van der Waals surface area contributed by atoms with E-state index in [1.807, 2.05) is 0 Å². The number of rotatable bonds is 3. The maximum absolute atomic E-state index is 11.5. The highest BCUT2D eigenvalue weighted by Crippen LogP contribution is 2.23. The van der Waals surface area contributed by atoms with Gasteiger partial charge in [0.25, 0.3) is 0 Å². The van der Waals surface area contributed by atoms with Crippen molar-refractivity contribution in [1.82, 2.24) is 0 Å². The molecule has 0 aliphatic heterocycles. The van der Waals surface area contributed by atoms with Gasteiger partial charge in [-0.05, 0) is 25.1 Å². The molecule has 1 aromatic rings. The van der Waals surface area contributed by atoms with Gasteiger partial charge in [0, 0.05) is 10.0 Å². The van der Waals surface area contributed by atoms with Crippen LogP contribution in [-0.2, 0) is 10.0 Å². The third-order valence-electron chi connectivity index (χ3n) is 1.77. The fraction of sp³-hybridized carbons (Fsp3) is 0.222. The third kappa shape index (κ3) is 3.27. The summed E-state index contributed by atoms with van der Waals surface area (Å²) in [5, 5.41) is 8.02. The number of halogens is 2. The Morgan fingerprint density at radius 2 is 1.81 bits per heavy atom. The molecule has 4 nitrogen and oxygen atoms in total. The lowest BCUT2D eigenvalue weighted by molar-refractivity contribution is 0.597. The molecule has 1 N–H and O–H groups in total. The number of benzene rings is 1. The lowest BCUT2D eigenvalue weighted by Gasteiger charge is -2.09. The van der Waals surface area contributed by atoms with Crippen LogP contribution in [0.3, 0.4) is 0 Å². The van der Waals surface area contributed by atoms with Crippen LogP contribution in [0.2, 0.25) is 10.0 Å². The van der Waals surface area contributed by atoms with E-state index in [4.69, 9.17) is 28.5 Å². The van der Waals surface area contributed by atoms with E-state index < -0.39 is 15.3 Å². The zero-order chi connectivity index (χ0) is 12.3. The molecular formula is C9H8Cl2N2O2S. The van der Waals surface area contributed by atoms with Crippen LogP contribution in [-0.4, -0.2) is 13.7 Å². The molecule has 1 unspecified atom stereocenters. The highest BCUT2D eigenvalue weighted by atomic mass is 35.5. The molecule has 0 amide bonds. The minimum atomic E-state index is -3.73. The Kier molecular flexibility index (Phi) is 4.03. The van der Waals surface area contributed by atoms with Crippen LogP contribution in [0.1, 0.15) is 6.92 Å². The first-order valence-electron chi connectivity index (χ1n) is 4.22. The molecule has 0 aromatic heterocycles. The van der Waals surface area contributed by atoms with Gasteiger partial charge in [-0.1, -0.05) is 23.2 Å². The standard InChI is InChI=1S/C9H8Cl2N2O2S/c1-6(5-12)16(14,15)13-9-3-7(10)2-8(11)4-9/h2-4,6,13H,1H3. The molecule has 0 fully saturated rings. The minimum Gasteiger partial charge on any atom is -0.282 e. The monoisotopic (exact) mass is 278 g/mol. The van der Waals surface area contributed by atoms with Crippen molar-refractivity contribution in [3.8, 4) is 6.07 Å². The first-order chi connectivity index (χ1) is 7.35. The normalized spacial score (nSPS) is 12.9. The Balaban J connectivity index is 3.02. The number of hydrogen-bond acceptors (Lipinski definition) is 3.